The van der Waals surface area contributed by atoms with Crippen LogP contribution >= 0.6 is 0 Å². The van der Waals surface area contributed by atoms with Crippen molar-refractivity contribution in [2.75, 3.05) is 13.1 Å². The Bertz CT molecular complexity index is 474. The van der Waals surface area contributed by atoms with Crippen LogP contribution in [0, 0.1) is 0 Å². The molecule has 0 amide bonds. The molecule has 1 saturated heterocycles. The van der Waals surface area contributed by atoms with E-state index in [9.17, 15) is 0 Å². The maximum Gasteiger partial charge on any atom is 0.0304 e. The number of benzene rings is 1. The monoisotopic (exact) mass is 286 g/mol. The lowest BCUT2D eigenvalue weighted by atomic mass is 9.76. The van der Waals surface area contributed by atoms with Crippen molar-refractivity contribution >= 4 is 0 Å². The summed E-state index contributed by atoms with van der Waals surface area (Å²) in [6.45, 7) is 7.14. The fourth-order valence-electron chi connectivity index (χ4n) is 4.22. The average molecular weight is 286 g/mol. The molecule has 1 aromatic carbocycles. The van der Waals surface area contributed by atoms with Crippen LogP contribution in [-0.4, -0.2) is 29.6 Å². The molecule has 0 spiro atoms. The van der Waals surface area contributed by atoms with Crippen LogP contribution in [0.15, 0.2) is 24.3 Å². The number of fused-ring (bicyclic) bond motifs is 1. The van der Waals surface area contributed by atoms with Gasteiger partial charge in [0, 0.05) is 11.6 Å². The van der Waals surface area contributed by atoms with Gasteiger partial charge in [-0.25, -0.2) is 0 Å². The van der Waals surface area contributed by atoms with Crippen LogP contribution in [0.5, 0.6) is 0 Å². The van der Waals surface area contributed by atoms with Crippen molar-refractivity contribution < 1.29 is 0 Å². The van der Waals surface area contributed by atoms with E-state index in [1.807, 2.05) is 0 Å². The van der Waals surface area contributed by atoms with Crippen LogP contribution in [-0.2, 0) is 6.42 Å². The van der Waals surface area contributed by atoms with E-state index in [2.05, 4.69) is 43.0 Å². The van der Waals surface area contributed by atoms with Crippen molar-refractivity contribution in [3.8, 4) is 0 Å². The molecule has 0 saturated carbocycles. The van der Waals surface area contributed by atoms with Gasteiger partial charge in [0.25, 0.3) is 0 Å². The van der Waals surface area contributed by atoms with Crippen molar-refractivity contribution in [1.82, 2.24) is 4.90 Å². The molecule has 2 aliphatic rings. The normalized spacial score (nSPS) is 24.8. The second-order valence-corrected chi connectivity index (χ2v) is 7.48. The van der Waals surface area contributed by atoms with Crippen molar-refractivity contribution in [1.29, 1.82) is 0 Å². The zero-order valence-corrected chi connectivity index (χ0v) is 13.6. The first-order chi connectivity index (χ1) is 10.1. The van der Waals surface area contributed by atoms with Crippen molar-refractivity contribution in [3.05, 3.63) is 35.4 Å². The smallest absolute Gasteiger partial charge is 0.0304 e. The first-order valence-electron chi connectivity index (χ1n) is 8.67. The number of nitrogens with zero attached hydrogens (tertiary/aromatic N) is 1. The standard InChI is InChI=1S/C19H30N2/c1-19(2,21-12-5-6-13-21)18(20)14-16-10-7-9-15-8-3-4-11-17(15)16/h3-4,8,11,16,18H,5-7,9-10,12-14,20H2,1-2H3. The minimum absolute atomic E-state index is 0.128. The first kappa shape index (κ1) is 15.1. The van der Waals surface area contributed by atoms with Crippen LogP contribution < -0.4 is 5.73 Å². The third kappa shape index (κ3) is 3.02. The lowest BCUT2D eigenvalue weighted by Crippen LogP contribution is -2.55. The molecular formula is C19H30N2. The molecular weight excluding hydrogens is 256 g/mol. The molecule has 3 rings (SSSR count). The second-order valence-electron chi connectivity index (χ2n) is 7.48. The quantitative estimate of drug-likeness (QED) is 0.914. The van der Waals surface area contributed by atoms with E-state index in [-0.39, 0.29) is 11.6 Å². The Morgan fingerprint density at radius 2 is 1.90 bits per heavy atom. The third-order valence-corrected chi connectivity index (χ3v) is 5.86. The highest BCUT2D eigenvalue weighted by Gasteiger charge is 2.36. The number of likely N-dealkylation sites (tertiary alicyclic amines) is 1. The number of rotatable bonds is 4. The molecule has 1 fully saturated rings. The molecule has 2 atom stereocenters. The highest BCUT2D eigenvalue weighted by Crippen LogP contribution is 2.37. The maximum absolute atomic E-state index is 6.68. The SMILES string of the molecule is CC(C)(C(N)CC1CCCc2ccccc21)N1CCCC1. The molecule has 2 nitrogen and oxygen atoms in total. The van der Waals surface area contributed by atoms with Crippen LogP contribution in [0.4, 0.5) is 0 Å². The van der Waals surface area contributed by atoms with Gasteiger partial charge in [-0.2, -0.15) is 0 Å². The molecule has 0 aromatic heterocycles. The zero-order valence-electron chi connectivity index (χ0n) is 13.6. The summed E-state index contributed by atoms with van der Waals surface area (Å²) >= 11 is 0. The van der Waals surface area contributed by atoms with Crippen molar-refractivity contribution in [3.63, 3.8) is 0 Å². The third-order valence-electron chi connectivity index (χ3n) is 5.86. The van der Waals surface area contributed by atoms with Crippen LogP contribution in [0.25, 0.3) is 0 Å². The van der Waals surface area contributed by atoms with Crippen LogP contribution in [0.3, 0.4) is 0 Å². The zero-order chi connectivity index (χ0) is 14.9. The van der Waals surface area contributed by atoms with Crippen LogP contribution in [0.2, 0.25) is 0 Å². The van der Waals surface area contributed by atoms with Crippen molar-refractivity contribution in [2.24, 2.45) is 5.73 Å². The molecule has 0 radical (unpaired) electrons. The highest BCUT2D eigenvalue weighted by atomic mass is 15.2. The number of nitrogens with two attached hydrogens (primary N) is 1. The molecule has 2 heteroatoms. The Morgan fingerprint density at radius 3 is 2.67 bits per heavy atom. The summed E-state index contributed by atoms with van der Waals surface area (Å²) in [7, 11) is 0. The van der Waals surface area contributed by atoms with E-state index >= 15 is 0 Å². The summed E-state index contributed by atoms with van der Waals surface area (Å²) in [5.74, 6) is 0.659. The molecule has 116 valence electrons. The Balaban J connectivity index is 1.72. The summed E-state index contributed by atoms with van der Waals surface area (Å²) in [6, 6.07) is 9.25. The largest absolute Gasteiger partial charge is 0.326 e. The van der Waals surface area contributed by atoms with Gasteiger partial charge in [-0.05, 0) is 82.5 Å². The average Bonchev–Trinajstić information content (AvgIpc) is 3.02. The Labute approximate surface area is 129 Å². The highest BCUT2D eigenvalue weighted by molar-refractivity contribution is 5.32. The number of hydrogen-bond acceptors (Lipinski definition) is 2. The van der Waals surface area contributed by atoms with Gasteiger partial charge in [0.1, 0.15) is 0 Å². The summed E-state index contributed by atoms with van der Waals surface area (Å²) in [5.41, 5.74) is 9.93. The Kier molecular flexibility index (Phi) is 4.37. The van der Waals surface area contributed by atoms with Crippen molar-refractivity contribution in [2.45, 2.75) is 69.9 Å². The van der Waals surface area contributed by atoms with Gasteiger partial charge in [-0.1, -0.05) is 24.3 Å². The van der Waals surface area contributed by atoms with Gasteiger partial charge in [0.15, 0.2) is 0 Å². The van der Waals surface area contributed by atoms with E-state index in [0.29, 0.717) is 5.92 Å². The maximum atomic E-state index is 6.68. The summed E-state index contributed by atoms with van der Waals surface area (Å²) in [4.78, 5) is 2.60. The molecule has 0 bridgehead atoms. The summed E-state index contributed by atoms with van der Waals surface area (Å²) < 4.78 is 0. The molecule has 1 aliphatic heterocycles. The minimum atomic E-state index is 0.128. The molecule has 21 heavy (non-hydrogen) atoms. The first-order valence-corrected chi connectivity index (χ1v) is 8.67. The predicted molar refractivity (Wildman–Crippen MR) is 89.6 cm³/mol. The van der Waals surface area contributed by atoms with E-state index < -0.39 is 0 Å². The lowest BCUT2D eigenvalue weighted by molar-refractivity contribution is 0.115. The Hall–Kier alpha value is -0.860. The van der Waals surface area contributed by atoms with Gasteiger partial charge in [-0.3, -0.25) is 4.90 Å². The second kappa shape index (κ2) is 6.10. The molecule has 2 N–H and O–H groups in total. The number of hydrogen-bond donors (Lipinski definition) is 1. The summed E-state index contributed by atoms with van der Waals surface area (Å²) in [5, 5.41) is 0. The predicted octanol–water partition coefficient (Wildman–Crippen LogP) is 3.70. The van der Waals surface area contributed by atoms with Gasteiger partial charge < -0.3 is 5.73 Å². The molecule has 1 aromatic rings. The molecule has 1 heterocycles. The topological polar surface area (TPSA) is 29.3 Å². The fraction of sp³-hybridized carbons (Fsp3) is 0.684. The van der Waals surface area contributed by atoms with Gasteiger partial charge in [-0.15, -0.1) is 0 Å². The minimum Gasteiger partial charge on any atom is -0.326 e. The lowest BCUT2D eigenvalue weighted by Gasteiger charge is -2.42. The number of aryl methyl sites for hydroxylation is 1. The molecule has 2 unspecified atom stereocenters. The van der Waals surface area contributed by atoms with Crippen LogP contribution in [0.1, 0.15) is 63.0 Å². The van der Waals surface area contributed by atoms with Gasteiger partial charge in [0.2, 0.25) is 0 Å². The summed E-state index contributed by atoms with van der Waals surface area (Å²) in [6.07, 6.45) is 7.67. The van der Waals surface area contributed by atoms with E-state index in [4.69, 9.17) is 5.73 Å². The fourth-order valence-corrected chi connectivity index (χ4v) is 4.22. The van der Waals surface area contributed by atoms with E-state index in [1.165, 1.54) is 45.2 Å². The molecule has 1 aliphatic carbocycles. The van der Waals surface area contributed by atoms with Gasteiger partial charge in [0.05, 0.1) is 0 Å². The van der Waals surface area contributed by atoms with E-state index in [1.54, 1.807) is 11.1 Å². The van der Waals surface area contributed by atoms with E-state index in [0.717, 1.165) is 6.42 Å². The Morgan fingerprint density at radius 1 is 1.19 bits per heavy atom. The van der Waals surface area contributed by atoms with Gasteiger partial charge >= 0.3 is 0 Å².